The first-order valence-corrected chi connectivity index (χ1v) is 18.7. The monoisotopic (exact) mass is 640 g/mol. The molecular weight excluding hydrogens is 609 g/mol. The topological polar surface area (TPSA) is 25.8 Å². The second-order valence-corrected chi connectivity index (χ2v) is 16.2. The summed E-state index contributed by atoms with van der Waals surface area (Å²) in [6.45, 7) is 0. The van der Waals surface area contributed by atoms with Crippen molar-refractivity contribution in [3.63, 3.8) is 0 Å². The van der Waals surface area contributed by atoms with Crippen molar-refractivity contribution in [3.8, 4) is 0 Å². The maximum atomic E-state index is 4.86. The van der Waals surface area contributed by atoms with E-state index in [-0.39, 0.29) is 0 Å². The van der Waals surface area contributed by atoms with E-state index < -0.39 is 8.07 Å². The number of nitrogens with zero attached hydrogens (tertiary/aromatic N) is 2. The van der Waals surface area contributed by atoms with Gasteiger partial charge in [-0.15, -0.1) is 0 Å². The van der Waals surface area contributed by atoms with Crippen LogP contribution in [-0.4, -0.2) is 18.0 Å². The van der Waals surface area contributed by atoms with Crippen molar-refractivity contribution in [1.29, 1.82) is 0 Å². The first kappa shape index (κ1) is 29.0. The Bertz CT molecular complexity index is 2340. The van der Waals surface area contributed by atoms with Gasteiger partial charge in [0.05, 0.1) is 11.0 Å². The van der Waals surface area contributed by atoms with E-state index in [1.807, 2.05) is 24.5 Å². The van der Waals surface area contributed by atoms with Gasteiger partial charge >= 0.3 is 0 Å². The van der Waals surface area contributed by atoms with Crippen LogP contribution < -0.4 is 10.4 Å². The summed E-state index contributed by atoms with van der Waals surface area (Å²) in [5, 5.41) is 7.70. The Hall–Kier alpha value is -6.16. The average Bonchev–Trinajstić information content (AvgIpc) is 3.52. The Morgan fingerprint density at radius 3 is 1.12 bits per heavy atom. The molecule has 8 aromatic rings. The Morgan fingerprint density at radius 2 is 0.714 bits per heavy atom. The zero-order chi connectivity index (χ0) is 32.6. The summed E-state index contributed by atoms with van der Waals surface area (Å²) in [6.07, 6.45) is 3.79. The molecule has 1 aliphatic heterocycles. The molecule has 0 aliphatic carbocycles. The minimum atomic E-state index is -3.09. The van der Waals surface area contributed by atoms with Gasteiger partial charge in [0.1, 0.15) is 0 Å². The zero-order valence-electron chi connectivity index (χ0n) is 26.9. The van der Waals surface area contributed by atoms with Crippen LogP contribution in [0.15, 0.2) is 194 Å². The van der Waals surface area contributed by atoms with Crippen molar-refractivity contribution >= 4 is 61.8 Å². The van der Waals surface area contributed by atoms with Gasteiger partial charge in [-0.25, -0.2) is 0 Å². The molecule has 0 saturated carbocycles. The molecule has 3 heteroatoms. The highest BCUT2D eigenvalue weighted by molar-refractivity contribution is 7.29. The maximum absolute atomic E-state index is 4.86. The molecular formula is C46H32N2Si. The van der Waals surface area contributed by atoms with Crippen molar-refractivity contribution in [1.82, 2.24) is 9.97 Å². The second kappa shape index (κ2) is 12.1. The van der Waals surface area contributed by atoms with Gasteiger partial charge in [-0.3, -0.25) is 9.97 Å². The molecule has 0 spiro atoms. The van der Waals surface area contributed by atoms with Crippen molar-refractivity contribution in [2.75, 3.05) is 0 Å². The Kier molecular flexibility index (Phi) is 7.18. The molecule has 6 aromatic carbocycles. The molecule has 9 rings (SSSR count). The summed E-state index contributed by atoms with van der Waals surface area (Å²) in [6, 6.07) is 66.6. The van der Waals surface area contributed by atoms with Crippen molar-refractivity contribution in [3.05, 3.63) is 217 Å². The van der Waals surface area contributed by atoms with Crippen LogP contribution in [0.25, 0.3) is 43.3 Å². The molecule has 2 aromatic heterocycles. The van der Waals surface area contributed by atoms with Gasteiger partial charge < -0.3 is 0 Å². The van der Waals surface area contributed by atoms with Gasteiger partial charge in [-0.05, 0) is 78.4 Å². The molecule has 2 nitrogen and oxygen atoms in total. The maximum Gasteiger partial charge on any atom is 0.182 e. The standard InChI is InChI=1S/C46H32N2Si/c1-5-15-35(16-6-1)43-44(36-17-7-2-8-18-36)46(38-28-26-34-20-14-30-48-42(34)32-38)49(39-21-9-3-10-22-39,40-23-11-4-12-24-40)45(43)37-27-25-33-19-13-29-47-41(33)31-37/h1-32H. The summed E-state index contributed by atoms with van der Waals surface area (Å²) >= 11 is 0. The number of rotatable bonds is 6. The van der Waals surface area contributed by atoms with Crippen LogP contribution in [-0.2, 0) is 0 Å². The fourth-order valence-corrected chi connectivity index (χ4v) is 13.4. The molecule has 0 atom stereocenters. The quantitative estimate of drug-likeness (QED) is 0.169. The molecule has 0 amide bonds. The minimum absolute atomic E-state index is 0.994. The smallest absolute Gasteiger partial charge is 0.182 e. The van der Waals surface area contributed by atoms with E-state index in [9.17, 15) is 0 Å². The fraction of sp³-hybridized carbons (Fsp3) is 0. The average molecular weight is 641 g/mol. The van der Waals surface area contributed by atoms with Crippen molar-refractivity contribution in [2.24, 2.45) is 0 Å². The van der Waals surface area contributed by atoms with Gasteiger partial charge in [0.15, 0.2) is 8.07 Å². The highest BCUT2D eigenvalue weighted by Crippen LogP contribution is 2.55. The first-order chi connectivity index (χ1) is 24.3. The van der Waals surface area contributed by atoms with E-state index in [1.54, 1.807) is 0 Å². The molecule has 0 radical (unpaired) electrons. The molecule has 3 heterocycles. The Balaban J connectivity index is 1.54. The number of allylic oxidation sites excluding steroid dienone is 2. The number of hydrogen-bond donors (Lipinski definition) is 0. The predicted octanol–water partition coefficient (Wildman–Crippen LogP) is 9.66. The lowest BCUT2D eigenvalue weighted by Gasteiger charge is -2.36. The number of hydrogen-bond acceptors (Lipinski definition) is 2. The van der Waals surface area contributed by atoms with Gasteiger partial charge in [-0.1, -0.05) is 158 Å². The molecule has 0 unspecified atom stereocenters. The molecule has 0 fully saturated rings. The summed E-state index contributed by atoms with van der Waals surface area (Å²) in [7, 11) is -3.09. The number of pyridine rings is 2. The molecule has 230 valence electrons. The number of aromatic nitrogens is 2. The molecule has 0 saturated heterocycles. The first-order valence-electron chi connectivity index (χ1n) is 16.7. The van der Waals surface area contributed by atoms with Crippen LogP contribution in [0.1, 0.15) is 22.3 Å². The van der Waals surface area contributed by atoms with E-state index in [0.717, 1.165) is 21.8 Å². The van der Waals surface area contributed by atoms with Gasteiger partial charge in [0, 0.05) is 23.2 Å². The van der Waals surface area contributed by atoms with Crippen LogP contribution in [0.4, 0.5) is 0 Å². The Labute approximate surface area is 287 Å². The zero-order valence-corrected chi connectivity index (χ0v) is 27.9. The van der Waals surface area contributed by atoms with Crippen LogP contribution in [0.5, 0.6) is 0 Å². The third-order valence-electron chi connectivity index (χ3n) is 9.83. The fourth-order valence-electron chi connectivity index (χ4n) is 7.82. The summed E-state index contributed by atoms with van der Waals surface area (Å²) in [5.74, 6) is 0. The van der Waals surface area contributed by atoms with Crippen LogP contribution in [0, 0.1) is 0 Å². The third kappa shape index (κ3) is 4.78. The summed E-state index contributed by atoms with van der Waals surface area (Å²) in [5.41, 5.74) is 9.35. The minimum Gasteiger partial charge on any atom is -0.256 e. The van der Waals surface area contributed by atoms with Crippen LogP contribution >= 0.6 is 0 Å². The summed E-state index contributed by atoms with van der Waals surface area (Å²) < 4.78 is 0. The SMILES string of the molecule is c1ccc(C2=C(c3ccc4cccnc4c3)[Si](c3ccccc3)(c3ccccc3)C(c3ccc4cccnc4c3)=C2c2ccccc2)cc1. The molecule has 0 bridgehead atoms. The Morgan fingerprint density at radius 1 is 0.327 bits per heavy atom. The highest BCUT2D eigenvalue weighted by atomic mass is 28.3. The van der Waals surface area contributed by atoms with E-state index in [0.29, 0.717) is 0 Å². The lowest BCUT2D eigenvalue weighted by molar-refractivity contribution is 1.41. The molecule has 1 aliphatic rings. The predicted molar refractivity (Wildman–Crippen MR) is 208 cm³/mol. The van der Waals surface area contributed by atoms with E-state index in [2.05, 4.69) is 170 Å². The number of benzene rings is 6. The van der Waals surface area contributed by atoms with Crippen LogP contribution in [0.2, 0.25) is 0 Å². The van der Waals surface area contributed by atoms with E-state index in [1.165, 1.54) is 54.2 Å². The number of fused-ring (bicyclic) bond motifs is 2. The normalized spacial score (nSPS) is 14.1. The lowest BCUT2D eigenvalue weighted by atomic mass is 9.89. The van der Waals surface area contributed by atoms with E-state index in [4.69, 9.17) is 9.97 Å². The largest absolute Gasteiger partial charge is 0.256 e. The third-order valence-corrected chi connectivity index (χ3v) is 14.8. The van der Waals surface area contributed by atoms with Gasteiger partial charge in [0.2, 0.25) is 0 Å². The van der Waals surface area contributed by atoms with Crippen molar-refractivity contribution < 1.29 is 0 Å². The molecule has 49 heavy (non-hydrogen) atoms. The van der Waals surface area contributed by atoms with E-state index >= 15 is 0 Å². The lowest BCUT2D eigenvalue weighted by Crippen LogP contribution is -2.59. The van der Waals surface area contributed by atoms with Gasteiger partial charge in [0.25, 0.3) is 0 Å². The summed E-state index contributed by atoms with van der Waals surface area (Å²) in [4.78, 5) is 9.73. The van der Waals surface area contributed by atoms with Gasteiger partial charge in [-0.2, -0.15) is 0 Å². The highest BCUT2D eigenvalue weighted by Gasteiger charge is 2.53. The van der Waals surface area contributed by atoms with Crippen LogP contribution in [0.3, 0.4) is 0 Å². The van der Waals surface area contributed by atoms with Crippen molar-refractivity contribution in [2.45, 2.75) is 0 Å². The second-order valence-electron chi connectivity index (χ2n) is 12.5. The molecule has 0 N–H and O–H groups in total.